The summed E-state index contributed by atoms with van der Waals surface area (Å²) in [7, 11) is -3.73. The number of hydrogen-bond acceptors (Lipinski definition) is 8. The topological polar surface area (TPSA) is 105 Å². The summed E-state index contributed by atoms with van der Waals surface area (Å²) in [5.74, 6) is 0.933. The third-order valence-electron chi connectivity index (χ3n) is 5.10. The molecule has 1 saturated heterocycles. The molecule has 8 nitrogen and oxygen atoms in total. The number of hydrogen-bond donors (Lipinski definition) is 1. The average Bonchev–Trinajstić information content (AvgIpc) is 3.48. The van der Waals surface area contributed by atoms with Crippen LogP contribution in [0.25, 0.3) is 0 Å². The average molecular weight is 493 g/mol. The number of rotatable bonds is 8. The van der Waals surface area contributed by atoms with Crippen LogP contribution in [0.5, 0.6) is 0 Å². The van der Waals surface area contributed by atoms with Gasteiger partial charge in [0.2, 0.25) is 11.8 Å². The molecule has 1 aliphatic rings. The first-order chi connectivity index (χ1) is 15.5. The maximum atomic E-state index is 13.0. The minimum Gasteiger partial charge on any atom is -0.407 e. The molecule has 0 spiro atoms. The number of benzene rings is 1. The summed E-state index contributed by atoms with van der Waals surface area (Å²) in [6.07, 6.45) is 2.38. The number of thioether (sulfide) groups is 1. The Bertz CT molecular complexity index is 1140. The Morgan fingerprint density at radius 3 is 2.78 bits per heavy atom. The first-order valence-corrected chi connectivity index (χ1v) is 13.7. The first-order valence-electron chi connectivity index (χ1n) is 10.4. The van der Waals surface area contributed by atoms with Crippen molar-refractivity contribution in [3.8, 4) is 0 Å². The first kappa shape index (κ1) is 23.0. The van der Waals surface area contributed by atoms with Crippen LogP contribution in [-0.4, -0.2) is 47.2 Å². The number of sulfonamides is 1. The van der Waals surface area contributed by atoms with E-state index >= 15 is 0 Å². The van der Waals surface area contributed by atoms with Gasteiger partial charge in [-0.2, -0.15) is 4.31 Å². The van der Waals surface area contributed by atoms with E-state index in [2.05, 4.69) is 22.4 Å². The molecule has 1 amide bonds. The van der Waals surface area contributed by atoms with Crippen molar-refractivity contribution in [2.45, 2.75) is 47.8 Å². The number of nitrogens with one attached hydrogen (secondary N) is 1. The van der Waals surface area contributed by atoms with Crippen molar-refractivity contribution in [2.24, 2.45) is 0 Å². The summed E-state index contributed by atoms with van der Waals surface area (Å²) in [5, 5.41) is 12.2. The monoisotopic (exact) mass is 492 g/mol. The SMILES string of the molecule is CCSc1ccc(Cc2nnc(NC(=O)C3CCCCN3S(=O)(=O)c3cccs3)o2)cc1. The molecule has 1 aliphatic heterocycles. The molecule has 3 aromatic rings. The normalized spacial score (nSPS) is 17.3. The Kier molecular flexibility index (Phi) is 7.29. The molecule has 1 atom stereocenters. The fraction of sp³-hybridized carbons (Fsp3) is 0.381. The number of piperidine rings is 1. The third kappa shape index (κ3) is 5.22. The van der Waals surface area contributed by atoms with Crippen molar-refractivity contribution in [1.82, 2.24) is 14.5 Å². The van der Waals surface area contributed by atoms with Crippen molar-refractivity contribution >= 4 is 45.0 Å². The van der Waals surface area contributed by atoms with E-state index in [-0.39, 0.29) is 10.2 Å². The van der Waals surface area contributed by atoms with Gasteiger partial charge < -0.3 is 4.42 Å². The second kappa shape index (κ2) is 10.2. The molecule has 0 radical (unpaired) electrons. The van der Waals surface area contributed by atoms with Crippen LogP contribution in [0.15, 0.2) is 55.3 Å². The van der Waals surface area contributed by atoms with E-state index in [1.807, 2.05) is 24.3 Å². The Morgan fingerprint density at radius 2 is 2.06 bits per heavy atom. The van der Waals surface area contributed by atoms with Gasteiger partial charge >= 0.3 is 6.01 Å². The van der Waals surface area contributed by atoms with E-state index in [0.29, 0.717) is 31.7 Å². The van der Waals surface area contributed by atoms with Gasteiger partial charge in [0.1, 0.15) is 10.3 Å². The highest BCUT2D eigenvalue weighted by Gasteiger charge is 2.38. The molecule has 2 aromatic heterocycles. The van der Waals surface area contributed by atoms with E-state index in [1.54, 1.807) is 29.3 Å². The molecular weight excluding hydrogens is 468 g/mol. The van der Waals surface area contributed by atoms with E-state index in [1.165, 1.54) is 9.20 Å². The van der Waals surface area contributed by atoms with E-state index in [4.69, 9.17) is 4.42 Å². The predicted octanol–water partition coefficient (Wildman–Crippen LogP) is 4.02. The number of amides is 1. The number of anilines is 1. The molecule has 0 bridgehead atoms. The van der Waals surface area contributed by atoms with Crippen LogP contribution in [0.4, 0.5) is 6.01 Å². The Hall–Kier alpha value is -2.21. The standard InChI is InChI=1S/C21H24N4O4S3/c1-2-30-16-10-8-15(9-11-16)14-18-23-24-21(29-18)22-20(26)17-6-3-4-12-25(17)32(27,28)19-7-5-13-31-19/h5,7-11,13,17H,2-4,6,12,14H2,1H3,(H,22,24,26). The zero-order chi connectivity index (χ0) is 22.6. The van der Waals surface area contributed by atoms with Crippen molar-refractivity contribution in [3.63, 3.8) is 0 Å². The van der Waals surface area contributed by atoms with Crippen molar-refractivity contribution in [1.29, 1.82) is 0 Å². The zero-order valence-corrected chi connectivity index (χ0v) is 20.0. The highest BCUT2D eigenvalue weighted by molar-refractivity contribution is 7.99. The molecule has 0 saturated carbocycles. The van der Waals surface area contributed by atoms with Gasteiger partial charge in [0, 0.05) is 11.4 Å². The molecule has 170 valence electrons. The van der Waals surface area contributed by atoms with Gasteiger partial charge in [-0.25, -0.2) is 8.42 Å². The van der Waals surface area contributed by atoms with Crippen LogP contribution in [-0.2, 0) is 21.2 Å². The summed E-state index contributed by atoms with van der Waals surface area (Å²) in [5.41, 5.74) is 1.02. The maximum Gasteiger partial charge on any atom is 0.322 e. The van der Waals surface area contributed by atoms with Crippen molar-refractivity contribution in [2.75, 3.05) is 17.6 Å². The minimum atomic E-state index is -3.73. The van der Waals surface area contributed by atoms with Gasteiger partial charge in [0.25, 0.3) is 10.0 Å². The van der Waals surface area contributed by atoms with Gasteiger partial charge in [-0.05, 0) is 47.7 Å². The molecular formula is C21H24N4O4S3. The summed E-state index contributed by atoms with van der Waals surface area (Å²) >= 11 is 2.92. The minimum absolute atomic E-state index is 0.0257. The van der Waals surface area contributed by atoms with Crippen LogP contribution in [0.3, 0.4) is 0 Å². The van der Waals surface area contributed by atoms with Crippen LogP contribution >= 0.6 is 23.1 Å². The maximum absolute atomic E-state index is 13.0. The quantitative estimate of drug-likeness (QED) is 0.474. The van der Waals surface area contributed by atoms with Gasteiger partial charge in [0.15, 0.2) is 0 Å². The molecule has 32 heavy (non-hydrogen) atoms. The van der Waals surface area contributed by atoms with Crippen LogP contribution in [0.1, 0.15) is 37.6 Å². The number of nitrogens with zero attached hydrogens (tertiary/aromatic N) is 3. The van der Waals surface area contributed by atoms with E-state index < -0.39 is 22.0 Å². The second-order valence-electron chi connectivity index (χ2n) is 7.30. The van der Waals surface area contributed by atoms with Crippen LogP contribution in [0, 0.1) is 0 Å². The Morgan fingerprint density at radius 1 is 1.25 bits per heavy atom. The fourth-order valence-electron chi connectivity index (χ4n) is 3.59. The van der Waals surface area contributed by atoms with E-state index in [0.717, 1.165) is 29.1 Å². The smallest absolute Gasteiger partial charge is 0.322 e. The highest BCUT2D eigenvalue weighted by atomic mass is 32.2. The summed E-state index contributed by atoms with van der Waals surface area (Å²) in [6.45, 7) is 2.41. The number of aromatic nitrogens is 2. The lowest BCUT2D eigenvalue weighted by molar-refractivity contribution is -0.120. The zero-order valence-electron chi connectivity index (χ0n) is 17.6. The second-order valence-corrected chi connectivity index (χ2v) is 11.7. The van der Waals surface area contributed by atoms with Crippen LogP contribution in [0.2, 0.25) is 0 Å². The lowest BCUT2D eigenvalue weighted by atomic mass is 10.0. The number of carbonyl (C=O) groups is 1. The molecule has 1 fully saturated rings. The number of carbonyl (C=O) groups excluding carboxylic acids is 1. The molecule has 0 aliphatic carbocycles. The molecule has 1 aromatic carbocycles. The Balaban J connectivity index is 1.42. The molecule has 3 heterocycles. The van der Waals surface area contributed by atoms with Gasteiger partial charge in [-0.15, -0.1) is 28.2 Å². The van der Waals surface area contributed by atoms with Crippen molar-refractivity contribution in [3.05, 3.63) is 53.2 Å². The molecule has 4 rings (SSSR count). The van der Waals surface area contributed by atoms with Gasteiger partial charge in [-0.1, -0.05) is 36.6 Å². The number of thiophene rings is 1. The van der Waals surface area contributed by atoms with E-state index in [9.17, 15) is 13.2 Å². The fourth-order valence-corrected chi connectivity index (χ4v) is 7.03. The summed E-state index contributed by atoms with van der Waals surface area (Å²) in [6, 6.07) is 10.5. The predicted molar refractivity (Wildman–Crippen MR) is 124 cm³/mol. The molecule has 1 N–H and O–H groups in total. The summed E-state index contributed by atoms with van der Waals surface area (Å²) < 4.78 is 33.1. The lowest BCUT2D eigenvalue weighted by Crippen LogP contribution is -2.49. The van der Waals surface area contributed by atoms with Gasteiger partial charge in [-0.3, -0.25) is 10.1 Å². The molecule has 11 heteroatoms. The Labute approximate surface area is 195 Å². The van der Waals surface area contributed by atoms with Gasteiger partial charge in [0.05, 0.1) is 6.42 Å². The third-order valence-corrected chi connectivity index (χ3v) is 9.28. The summed E-state index contributed by atoms with van der Waals surface area (Å²) in [4.78, 5) is 14.1. The largest absolute Gasteiger partial charge is 0.407 e. The van der Waals surface area contributed by atoms with Crippen molar-refractivity contribution < 1.29 is 17.6 Å². The lowest BCUT2D eigenvalue weighted by Gasteiger charge is -2.32. The highest BCUT2D eigenvalue weighted by Crippen LogP contribution is 2.28. The molecule has 1 unspecified atom stereocenters. The van der Waals surface area contributed by atoms with Crippen LogP contribution < -0.4 is 5.32 Å².